The number of carbonyl (C=O) groups is 2. The van der Waals surface area contributed by atoms with Gasteiger partial charge in [-0.1, -0.05) is 0 Å². The molecule has 0 bridgehead atoms. The van der Waals surface area contributed by atoms with Crippen molar-refractivity contribution < 1.29 is 24.0 Å². The maximum absolute atomic E-state index is 11.1. The summed E-state index contributed by atoms with van der Waals surface area (Å²) in [5, 5.41) is 10.5. The zero-order chi connectivity index (χ0) is 12.6. The van der Waals surface area contributed by atoms with Crippen molar-refractivity contribution in [2.75, 3.05) is 13.2 Å². The Morgan fingerprint density at radius 3 is 2.25 bits per heavy atom. The molecule has 0 saturated heterocycles. The number of nitrogens with zero attached hydrogens (tertiary/aromatic N) is 1. The van der Waals surface area contributed by atoms with Crippen LogP contribution in [0.2, 0.25) is 0 Å². The van der Waals surface area contributed by atoms with Gasteiger partial charge in [0.25, 0.3) is 0 Å². The average molecular weight is 234 g/mol. The van der Waals surface area contributed by atoms with Crippen LogP contribution in [-0.4, -0.2) is 36.1 Å². The Morgan fingerprint density at radius 1 is 1.25 bits per heavy atom. The molecule has 0 aliphatic carbocycles. The summed E-state index contributed by atoms with van der Waals surface area (Å²) in [5.41, 5.74) is 0. The van der Waals surface area contributed by atoms with Crippen LogP contribution in [0.3, 0.4) is 0 Å². The zero-order valence-corrected chi connectivity index (χ0v) is 9.30. The maximum Gasteiger partial charge on any atom is 0.381 e. The Hall–Kier alpha value is -1.66. The minimum absolute atomic E-state index is 0.0720. The van der Waals surface area contributed by atoms with Gasteiger partial charge in [0.2, 0.25) is 0 Å². The first kappa shape index (κ1) is 14.3. The molecule has 0 spiro atoms. The van der Waals surface area contributed by atoms with E-state index in [0.29, 0.717) is 0 Å². The second-order valence-corrected chi connectivity index (χ2v) is 2.90. The molecule has 0 rings (SSSR count). The third kappa shape index (κ3) is 5.28. The molecule has 92 valence electrons. The summed E-state index contributed by atoms with van der Waals surface area (Å²) < 4.78 is 9.12. The summed E-state index contributed by atoms with van der Waals surface area (Å²) in [4.78, 5) is 31.9. The number of hydrogen-bond donors (Lipinski definition) is 0. The van der Waals surface area contributed by atoms with Crippen molar-refractivity contribution in [1.29, 1.82) is 0 Å². The summed E-state index contributed by atoms with van der Waals surface area (Å²) in [5.74, 6) is -1.48. The number of rotatable bonds is 7. The van der Waals surface area contributed by atoms with Gasteiger partial charge in [-0.3, -0.25) is 14.9 Å². The van der Waals surface area contributed by atoms with Gasteiger partial charge < -0.3 is 9.47 Å². The van der Waals surface area contributed by atoms with Crippen molar-refractivity contribution in [3.8, 4) is 0 Å². The molecule has 0 aromatic rings. The fourth-order valence-corrected chi connectivity index (χ4v) is 1.04. The molecule has 7 nitrogen and oxygen atoms in total. The summed E-state index contributed by atoms with van der Waals surface area (Å²) in [6.45, 7) is 3.47. The van der Waals surface area contributed by atoms with Crippen LogP contribution in [0.25, 0.3) is 0 Å². The van der Waals surface area contributed by atoms with E-state index >= 15 is 0 Å². The zero-order valence-electron chi connectivity index (χ0n) is 9.30. The van der Waals surface area contributed by atoms with Gasteiger partial charge in [0, 0.05) is 11.3 Å². The van der Waals surface area contributed by atoms with E-state index in [1.807, 2.05) is 0 Å². The first-order valence-electron chi connectivity index (χ1n) is 4.98. The largest absolute Gasteiger partial charge is 0.466 e. The van der Waals surface area contributed by atoms with Crippen molar-refractivity contribution in [3.63, 3.8) is 0 Å². The van der Waals surface area contributed by atoms with E-state index in [1.54, 1.807) is 13.8 Å². The molecular formula is C9H15NO6. The monoisotopic (exact) mass is 234 g/mol. The van der Waals surface area contributed by atoms with Gasteiger partial charge in [0.05, 0.1) is 19.6 Å². The highest BCUT2D eigenvalue weighted by molar-refractivity contribution is 5.76. The number of ether oxygens (including phenoxy) is 2. The van der Waals surface area contributed by atoms with Gasteiger partial charge in [0.1, 0.15) is 0 Å². The normalized spacial score (nSPS) is 11.6. The molecule has 0 amide bonds. The van der Waals surface area contributed by atoms with Crippen molar-refractivity contribution in [3.05, 3.63) is 10.1 Å². The van der Waals surface area contributed by atoms with Gasteiger partial charge in [-0.25, -0.2) is 4.79 Å². The van der Waals surface area contributed by atoms with Crippen molar-refractivity contribution in [2.24, 2.45) is 0 Å². The highest BCUT2D eigenvalue weighted by Crippen LogP contribution is 2.05. The second kappa shape index (κ2) is 7.61. The molecule has 0 saturated carbocycles. The van der Waals surface area contributed by atoms with Crippen LogP contribution in [0.15, 0.2) is 0 Å². The fraction of sp³-hybridized carbons (Fsp3) is 0.778. The Labute approximate surface area is 92.9 Å². The molecule has 0 fully saturated rings. The quantitative estimate of drug-likeness (QED) is 0.276. The number of nitro groups is 1. The van der Waals surface area contributed by atoms with E-state index in [9.17, 15) is 19.7 Å². The van der Waals surface area contributed by atoms with Crippen LogP contribution >= 0.6 is 0 Å². The van der Waals surface area contributed by atoms with Gasteiger partial charge >= 0.3 is 18.0 Å². The molecule has 0 heterocycles. The molecule has 1 atom stereocenters. The Kier molecular flexibility index (Phi) is 6.82. The van der Waals surface area contributed by atoms with Crippen LogP contribution in [0.5, 0.6) is 0 Å². The van der Waals surface area contributed by atoms with E-state index in [0.717, 1.165) is 0 Å². The van der Waals surface area contributed by atoms with Crippen LogP contribution in [-0.2, 0) is 19.1 Å². The SMILES string of the molecule is CCOC(=O)C[13CH2]C(C(=O)OCC)[N+](=O)[O-]. The van der Waals surface area contributed by atoms with Crippen LogP contribution in [0.1, 0.15) is 26.7 Å². The predicted molar refractivity (Wildman–Crippen MR) is 53.3 cm³/mol. The molecule has 1 unspecified atom stereocenters. The van der Waals surface area contributed by atoms with Crippen LogP contribution in [0.4, 0.5) is 0 Å². The van der Waals surface area contributed by atoms with Crippen molar-refractivity contribution in [1.82, 2.24) is 0 Å². The lowest BCUT2D eigenvalue weighted by atomic mass is 10.3. The first-order valence-corrected chi connectivity index (χ1v) is 4.98. The number of hydrogen-bond acceptors (Lipinski definition) is 6. The van der Waals surface area contributed by atoms with E-state index < -0.39 is 22.9 Å². The minimum Gasteiger partial charge on any atom is -0.466 e. The molecule has 16 heavy (non-hydrogen) atoms. The molecule has 7 heteroatoms. The molecular weight excluding hydrogens is 219 g/mol. The summed E-state index contributed by atoms with van der Waals surface area (Å²) in [6.07, 6.45) is -0.372. The van der Waals surface area contributed by atoms with Gasteiger partial charge in [-0.2, -0.15) is 0 Å². The highest BCUT2D eigenvalue weighted by atomic mass is 16.6. The Balaban J connectivity index is 4.19. The third-order valence-electron chi connectivity index (χ3n) is 1.74. The highest BCUT2D eigenvalue weighted by Gasteiger charge is 2.31. The van der Waals surface area contributed by atoms with Gasteiger partial charge in [0.15, 0.2) is 0 Å². The summed E-state index contributed by atoms with van der Waals surface area (Å²) in [6, 6.07) is -1.50. The molecule has 0 aliphatic heterocycles. The lowest BCUT2D eigenvalue weighted by molar-refractivity contribution is -0.511. The van der Waals surface area contributed by atoms with E-state index in [1.165, 1.54) is 0 Å². The maximum atomic E-state index is 11.1. The summed E-state index contributed by atoms with van der Waals surface area (Å²) >= 11 is 0. The van der Waals surface area contributed by atoms with Crippen LogP contribution < -0.4 is 0 Å². The number of carbonyl (C=O) groups excluding carboxylic acids is 2. The van der Waals surface area contributed by atoms with E-state index in [4.69, 9.17) is 0 Å². The molecule has 0 radical (unpaired) electrons. The topological polar surface area (TPSA) is 95.7 Å². The molecule has 0 aromatic heterocycles. The smallest absolute Gasteiger partial charge is 0.381 e. The standard InChI is InChI=1S/C9H15NO6/c1-3-15-8(11)6-5-7(10(13)14)9(12)16-4-2/h7H,3-6H2,1-2H3/i5+1. The minimum atomic E-state index is -1.50. The van der Waals surface area contributed by atoms with Crippen molar-refractivity contribution in [2.45, 2.75) is 32.7 Å². The van der Waals surface area contributed by atoms with Gasteiger partial charge in [-0.05, 0) is 13.8 Å². The Morgan fingerprint density at radius 2 is 1.81 bits per heavy atom. The first-order chi connectivity index (χ1) is 7.52. The lowest BCUT2D eigenvalue weighted by Crippen LogP contribution is -2.32. The van der Waals surface area contributed by atoms with E-state index in [-0.39, 0.29) is 26.1 Å². The second-order valence-electron chi connectivity index (χ2n) is 2.90. The van der Waals surface area contributed by atoms with Crippen molar-refractivity contribution >= 4 is 11.9 Å². The lowest BCUT2D eigenvalue weighted by Gasteiger charge is -2.07. The van der Waals surface area contributed by atoms with Crippen LogP contribution in [0, 0.1) is 10.1 Å². The Bertz CT molecular complexity index is 265. The van der Waals surface area contributed by atoms with E-state index in [2.05, 4.69) is 9.47 Å². The molecule has 0 aromatic carbocycles. The molecule has 0 aliphatic rings. The van der Waals surface area contributed by atoms with Gasteiger partial charge in [-0.15, -0.1) is 0 Å². The molecule has 0 N–H and O–H groups in total. The average Bonchev–Trinajstić information content (AvgIpc) is 2.18. The summed E-state index contributed by atoms with van der Waals surface area (Å²) in [7, 11) is 0. The predicted octanol–water partition coefficient (Wildman–Crippen LogP) is 0.538. The number of esters is 2. The fourth-order valence-electron chi connectivity index (χ4n) is 1.04. The third-order valence-corrected chi connectivity index (χ3v) is 1.74.